The molecule has 0 spiro atoms. The SMILES string of the molecule is NS(=O)(=O)c1ccc(NC(=O)CN2C(=O)/C(=C/C=C\c3ccccc3)SC2=S)cc1. The molecule has 0 saturated carbocycles. The number of anilines is 1. The third kappa shape index (κ3) is 5.63. The van der Waals surface area contributed by atoms with Gasteiger partial charge in [-0.2, -0.15) is 0 Å². The van der Waals surface area contributed by atoms with Gasteiger partial charge in [-0.15, -0.1) is 0 Å². The Kier molecular flexibility index (Phi) is 6.83. The number of primary sulfonamides is 1. The molecule has 0 radical (unpaired) electrons. The molecule has 1 heterocycles. The van der Waals surface area contributed by atoms with Crippen molar-refractivity contribution in [1.82, 2.24) is 4.90 Å². The number of rotatable bonds is 6. The topological polar surface area (TPSA) is 110 Å². The van der Waals surface area contributed by atoms with Crippen LogP contribution in [0.15, 0.2) is 76.5 Å². The minimum absolute atomic E-state index is 0.0638. The molecule has 0 atom stereocenters. The molecule has 2 amide bonds. The fourth-order valence-corrected chi connectivity index (χ4v) is 4.26. The van der Waals surface area contributed by atoms with E-state index in [1.165, 1.54) is 29.2 Å². The fourth-order valence-electron chi connectivity index (χ4n) is 2.53. The number of nitrogens with two attached hydrogens (primary N) is 1. The van der Waals surface area contributed by atoms with Gasteiger partial charge in [-0.3, -0.25) is 14.5 Å². The predicted octanol–water partition coefficient (Wildman–Crippen LogP) is 2.73. The Morgan fingerprint density at radius 2 is 1.80 bits per heavy atom. The lowest BCUT2D eigenvalue weighted by atomic mass is 10.2. The van der Waals surface area contributed by atoms with Crippen molar-refractivity contribution in [3.05, 3.63) is 77.2 Å². The first-order chi connectivity index (χ1) is 14.2. The van der Waals surface area contributed by atoms with Gasteiger partial charge in [0.2, 0.25) is 15.9 Å². The van der Waals surface area contributed by atoms with Crippen molar-refractivity contribution in [2.75, 3.05) is 11.9 Å². The smallest absolute Gasteiger partial charge is 0.266 e. The van der Waals surface area contributed by atoms with Gasteiger partial charge in [0.1, 0.15) is 10.9 Å². The van der Waals surface area contributed by atoms with E-state index in [2.05, 4.69) is 5.32 Å². The molecule has 0 aromatic heterocycles. The molecule has 1 saturated heterocycles. The summed E-state index contributed by atoms with van der Waals surface area (Å²) >= 11 is 6.35. The van der Waals surface area contributed by atoms with Crippen LogP contribution in [0.3, 0.4) is 0 Å². The molecule has 2 aromatic carbocycles. The zero-order chi connectivity index (χ0) is 21.7. The van der Waals surface area contributed by atoms with Gasteiger partial charge in [-0.05, 0) is 35.9 Å². The van der Waals surface area contributed by atoms with Crippen LogP contribution in [0.1, 0.15) is 5.56 Å². The molecular formula is C20H17N3O4S3. The first-order valence-corrected chi connectivity index (χ1v) is 11.4. The number of hydrogen-bond donors (Lipinski definition) is 2. The highest BCUT2D eigenvalue weighted by atomic mass is 32.2. The molecule has 3 rings (SSSR count). The summed E-state index contributed by atoms with van der Waals surface area (Å²) in [4.78, 5) is 26.4. The second kappa shape index (κ2) is 9.35. The number of thiocarbonyl (C=S) groups is 1. The highest BCUT2D eigenvalue weighted by Crippen LogP contribution is 2.30. The van der Waals surface area contributed by atoms with Crippen LogP contribution in [-0.2, 0) is 19.6 Å². The number of nitrogens with zero attached hydrogens (tertiary/aromatic N) is 1. The highest BCUT2D eigenvalue weighted by Gasteiger charge is 2.33. The van der Waals surface area contributed by atoms with Crippen LogP contribution in [0.2, 0.25) is 0 Å². The lowest BCUT2D eigenvalue weighted by molar-refractivity contribution is -0.126. The van der Waals surface area contributed by atoms with E-state index in [0.717, 1.165) is 17.3 Å². The van der Waals surface area contributed by atoms with Gasteiger partial charge in [-0.25, -0.2) is 13.6 Å². The number of allylic oxidation sites excluding steroid dienone is 2. The van der Waals surface area contributed by atoms with E-state index in [1.807, 2.05) is 36.4 Å². The van der Waals surface area contributed by atoms with E-state index in [0.29, 0.717) is 14.9 Å². The van der Waals surface area contributed by atoms with Crippen LogP contribution in [-0.4, -0.2) is 36.0 Å². The zero-order valence-corrected chi connectivity index (χ0v) is 18.0. The van der Waals surface area contributed by atoms with E-state index >= 15 is 0 Å². The molecular weight excluding hydrogens is 442 g/mol. The largest absolute Gasteiger partial charge is 0.325 e. The average Bonchev–Trinajstić information content (AvgIpc) is 2.96. The number of hydrogen-bond acceptors (Lipinski definition) is 6. The van der Waals surface area contributed by atoms with Crippen LogP contribution >= 0.6 is 24.0 Å². The minimum atomic E-state index is -3.81. The summed E-state index contributed by atoms with van der Waals surface area (Å²) in [5.74, 6) is -0.807. The van der Waals surface area contributed by atoms with Crippen molar-refractivity contribution in [2.24, 2.45) is 5.14 Å². The summed E-state index contributed by atoms with van der Waals surface area (Å²) in [5, 5.41) is 7.64. The molecule has 2 aromatic rings. The van der Waals surface area contributed by atoms with Gasteiger partial charge in [0.05, 0.1) is 9.80 Å². The number of sulfonamides is 1. The molecule has 3 N–H and O–H groups in total. The van der Waals surface area contributed by atoms with Crippen LogP contribution < -0.4 is 10.5 Å². The third-order valence-corrected chi connectivity index (χ3v) is 6.30. The highest BCUT2D eigenvalue weighted by molar-refractivity contribution is 8.26. The Morgan fingerprint density at radius 3 is 2.43 bits per heavy atom. The molecule has 10 heteroatoms. The lowest BCUT2D eigenvalue weighted by Gasteiger charge is -2.14. The summed E-state index contributed by atoms with van der Waals surface area (Å²) in [6.07, 6.45) is 5.29. The lowest BCUT2D eigenvalue weighted by Crippen LogP contribution is -2.36. The maximum Gasteiger partial charge on any atom is 0.266 e. The Morgan fingerprint density at radius 1 is 1.13 bits per heavy atom. The summed E-state index contributed by atoms with van der Waals surface area (Å²) in [6.45, 7) is -0.249. The van der Waals surface area contributed by atoms with Crippen molar-refractivity contribution in [3.8, 4) is 0 Å². The first kappa shape index (κ1) is 21.9. The van der Waals surface area contributed by atoms with Gasteiger partial charge < -0.3 is 5.32 Å². The monoisotopic (exact) mass is 459 g/mol. The molecule has 7 nitrogen and oxygen atoms in total. The second-order valence-electron chi connectivity index (χ2n) is 6.18. The molecule has 30 heavy (non-hydrogen) atoms. The van der Waals surface area contributed by atoms with E-state index < -0.39 is 15.9 Å². The number of carbonyl (C=O) groups is 2. The standard InChI is InChI=1S/C20H17N3O4S3/c21-30(26,27)16-11-9-15(10-12-16)22-18(24)13-23-19(25)17(29-20(23)28)8-4-7-14-5-2-1-3-6-14/h1-12H,13H2,(H,22,24)(H2,21,26,27)/b7-4-,17-8-. The maximum atomic E-state index is 12.6. The van der Waals surface area contributed by atoms with Crippen molar-refractivity contribution in [3.63, 3.8) is 0 Å². The van der Waals surface area contributed by atoms with Gasteiger partial charge in [0, 0.05) is 5.69 Å². The average molecular weight is 460 g/mol. The summed E-state index contributed by atoms with van der Waals surface area (Å²) in [5.41, 5.74) is 1.37. The summed E-state index contributed by atoms with van der Waals surface area (Å²) < 4.78 is 22.8. The van der Waals surface area contributed by atoms with Crippen molar-refractivity contribution < 1.29 is 18.0 Å². The molecule has 1 aliphatic rings. The zero-order valence-electron chi connectivity index (χ0n) is 15.5. The molecule has 154 valence electrons. The van der Waals surface area contributed by atoms with E-state index in [-0.39, 0.29) is 17.3 Å². The molecule has 0 aliphatic carbocycles. The maximum absolute atomic E-state index is 12.6. The third-order valence-electron chi connectivity index (χ3n) is 3.98. The van der Waals surface area contributed by atoms with Gasteiger partial charge in [0.25, 0.3) is 5.91 Å². The van der Waals surface area contributed by atoms with Crippen molar-refractivity contribution in [1.29, 1.82) is 0 Å². The van der Waals surface area contributed by atoms with E-state index in [4.69, 9.17) is 17.4 Å². The van der Waals surface area contributed by atoms with Crippen LogP contribution in [0, 0.1) is 0 Å². The number of nitrogens with one attached hydrogen (secondary N) is 1. The summed E-state index contributed by atoms with van der Waals surface area (Å²) in [6, 6.07) is 15.0. The number of carbonyl (C=O) groups excluding carboxylic acids is 2. The van der Waals surface area contributed by atoms with E-state index in [1.54, 1.807) is 12.2 Å². The minimum Gasteiger partial charge on any atom is -0.325 e. The Bertz CT molecular complexity index is 1140. The second-order valence-corrected chi connectivity index (χ2v) is 9.41. The Hall–Kier alpha value is -2.79. The van der Waals surface area contributed by atoms with Gasteiger partial charge >= 0.3 is 0 Å². The first-order valence-electron chi connectivity index (χ1n) is 8.64. The Labute approximate surface area is 183 Å². The van der Waals surface area contributed by atoms with Gasteiger partial charge in [-0.1, -0.05) is 66.5 Å². The number of amides is 2. The van der Waals surface area contributed by atoms with Crippen LogP contribution in [0.4, 0.5) is 5.69 Å². The molecule has 0 bridgehead atoms. The number of benzene rings is 2. The van der Waals surface area contributed by atoms with Crippen LogP contribution in [0.25, 0.3) is 6.08 Å². The summed E-state index contributed by atoms with van der Waals surface area (Å²) in [7, 11) is -3.81. The van der Waals surface area contributed by atoms with Crippen molar-refractivity contribution in [2.45, 2.75) is 4.90 Å². The van der Waals surface area contributed by atoms with Gasteiger partial charge in [0.15, 0.2) is 0 Å². The van der Waals surface area contributed by atoms with E-state index in [9.17, 15) is 18.0 Å². The molecule has 1 aliphatic heterocycles. The van der Waals surface area contributed by atoms with Crippen molar-refractivity contribution >= 4 is 61.9 Å². The predicted molar refractivity (Wildman–Crippen MR) is 122 cm³/mol. The van der Waals surface area contributed by atoms with Crippen LogP contribution in [0.5, 0.6) is 0 Å². The molecule has 0 unspecified atom stereocenters. The normalized spacial score (nSPS) is 15.9. The Balaban J connectivity index is 1.61. The number of thioether (sulfide) groups is 1. The fraction of sp³-hybridized carbons (Fsp3) is 0.0500. The quantitative estimate of drug-likeness (QED) is 0.508. The molecule has 1 fully saturated rings.